The van der Waals surface area contributed by atoms with Crippen LogP contribution in [0.5, 0.6) is 0 Å². The van der Waals surface area contributed by atoms with E-state index in [1.165, 1.54) is 0 Å². The van der Waals surface area contributed by atoms with Gasteiger partial charge in [-0.05, 0) is 30.5 Å². The number of nitrogens with two attached hydrogens (primary N) is 1. The molecule has 0 spiro atoms. The molecule has 0 aliphatic carbocycles. The number of benzene rings is 2. The zero-order valence-electron chi connectivity index (χ0n) is 10.7. The van der Waals surface area contributed by atoms with Crippen LogP contribution in [0.4, 0.5) is 13.2 Å². The van der Waals surface area contributed by atoms with Crippen molar-refractivity contribution in [1.82, 2.24) is 0 Å². The Bertz CT molecular complexity index is 600. The Balaban J connectivity index is 2.56. The topological polar surface area (TPSA) is 26.0 Å². The van der Waals surface area contributed by atoms with Gasteiger partial charge in [0.15, 0.2) is 0 Å². The van der Waals surface area contributed by atoms with Crippen molar-refractivity contribution in [2.45, 2.75) is 19.9 Å². The summed E-state index contributed by atoms with van der Waals surface area (Å²) in [7, 11) is 0. The van der Waals surface area contributed by atoms with Crippen LogP contribution in [0, 0.1) is 31.3 Å². The van der Waals surface area contributed by atoms with Gasteiger partial charge < -0.3 is 5.73 Å². The summed E-state index contributed by atoms with van der Waals surface area (Å²) >= 11 is 0. The van der Waals surface area contributed by atoms with Crippen LogP contribution in [0.2, 0.25) is 0 Å². The van der Waals surface area contributed by atoms with E-state index < -0.39 is 23.5 Å². The number of rotatable bonds is 2. The molecule has 0 bridgehead atoms. The largest absolute Gasteiger partial charge is 0.320 e. The fourth-order valence-electron chi connectivity index (χ4n) is 2.12. The number of aryl methyl sites for hydroxylation is 1. The first-order valence-corrected chi connectivity index (χ1v) is 5.88. The molecule has 4 heteroatoms. The van der Waals surface area contributed by atoms with Crippen molar-refractivity contribution < 1.29 is 13.2 Å². The lowest BCUT2D eigenvalue weighted by Crippen LogP contribution is -2.17. The third kappa shape index (κ3) is 2.49. The Labute approximate surface area is 109 Å². The van der Waals surface area contributed by atoms with E-state index >= 15 is 0 Å². The van der Waals surface area contributed by atoms with Crippen molar-refractivity contribution in [1.29, 1.82) is 0 Å². The van der Waals surface area contributed by atoms with Crippen molar-refractivity contribution in [2.24, 2.45) is 5.73 Å². The van der Waals surface area contributed by atoms with Gasteiger partial charge in [-0.2, -0.15) is 0 Å². The number of halogens is 3. The molecule has 2 N–H and O–H groups in total. The van der Waals surface area contributed by atoms with Crippen LogP contribution < -0.4 is 5.73 Å². The molecule has 1 atom stereocenters. The highest BCUT2D eigenvalue weighted by atomic mass is 19.1. The lowest BCUT2D eigenvalue weighted by molar-refractivity contribution is 0.514. The predicted octanol–water partition coefficient (Wildman–Crippen LogP) is 3.77. The molecule has 0 aliphatic rings. The molecular formula is C15H14F3N. The van der Waals surface area contributed by atoms with Crippen LogP contribution in [-0.2, 0) is 0 Å². The lowest BCUT2D eigenvalue weighted by atomic mass is 9.93. The van der Waals surface area contributed by atoms with E-state index in [1.54, 1.807) is 12.1 Å². The van der Waals surface area contributed by atoms with Crippen molar-refractivity contribution in [3.05, 3.63) is 70.0 Å². The van der Waals surface area contributed by atoms with Crippen LogP contribution in [0.15, 0.2) is 30.3 Å². The van der Waals surface area contributed by atoms with Gasteiger partial charge in [-0.1, -0.05) is 18.2 Å². The average Bonchev–Trinajstić information content (AvgIpc) is 2.31. The van der Waals surface area contributed by atoms with Gasteiger partial charge in [-0.15, -0.1) is 0 Å². The maximum absolute atomic E-state index is 13.7. The first-order valence-electron chi connectivity index (χ1n) is 5.88. The highest BCUT2D eigenvalue weighted by Crippen LogP contribution is 2.28. The van der Waals surface area contributed by atoms with Crippen molar-refractivity contribution in [3.8, 4) is 0 Å². The summed E-state index contributed by atoms with van der Waals surface area (Å²) in [5.74, 6) is -2.89. The quantitative estimate of drug-likeness (QED) is 0.878. The summed E-state index contributed by atoms with van der Waals surface area (Å²) in [5, 5.41) is 0. The second kappa shape index (κ2) is 5.05. The molecule has 1 unspecified atom stereocenters. The smallest absolute Gasteiger partial charge is 0.134 e. The van der Waals surface area contributed by atoms with Crippen LogP contribution in [0.25, 0.3) is 0 Å². The maximum atomic E-state index is 13.7. The second-order valence-corrected chi connectivity index (χ2v) is 4.55. The van der Waals surface area contributed by atoms with Gasteiger partial charge in [0.25, 0.3) is 0 Å². The zero-order chi connectivity index (χ0) is 14.2. The molecule has 0 aromatic heterocycles. The maximum Gasteiger partial charge on any atom is 0.134 e. The molecule has 0 amide bonds. The predicted molar refractivity (Wildman–Crippen MR) is 68.3 cm³/mol. The van der Waals surface area contributed by atoms with Crippen LogP contribution >= 0.6 is 0 Å². The molecule has 100 valence electrons. The van der Waals surface area contributed by atoms with Gasteiger partial charge >= 0.3 is 0 Å². The molecule has 0 saturated carbocycles. The summed E-state index contributed by atoms with van der Waals surface area (Å²) in [5.41, 5.74) is 8.11. The minimum atomic E-state index is -0.967. The van der Waals surface area contributed by atoms with Crippen molar-refractivity contribution in [3.63, 3.8) is 0 Å². The summed E-state index contributed by atoms with van der Waals surface area (Å²) < 4.78 is 40.3. The molecule has 19 heavy (non-hydrogen) atoms. The Kier molecular flexibility index (Phi) is 3.62. The van der Waals surface area contributed by atoms with E-state index in [4.69, 9.17) is 5.73 Å². The van der Waals surface area contributed by atoms with E-state index in [0.29, 0.717) is 17.7 Å². The molecular weight excluding hydrogens is 251 g/mol. The normalized spacial score (nSPS) is 12.5. The van der Waals surface area contributed by atoms with E-state index in [-0.39, 0.29) is 5.56 Å². The van der Waals surface area contributed by atoms with Gasteiger partial charge in [-0.25, -0.2) is 13.2 Å². The number of hydrogen-bond acceptors (Lipinski definition) is 1. The fraction of sp³-hybridized carbons (Fsp3) is 0.200. The summed E-state index contributed by atoms with van der Waals surface area (Å²) in [6.45, 7) is 3.73. The highest BCUT2D eigenvalue weighted by Gasteiger charge is 2.21. The molecule has 0 radical (unpaired) electrons. The molecule has 0 fully saturated rings. The molecule has 2 aromatic rings. The Morgan fingerprint density at radius 1 is 1.00 bits per heavy atom. The van der Waals surface area contributed by atoms with Crippen LogP contribution in [0.1, 0.15) is 28.3 Å². The average molecular weight is 265 g/mol. The molecule has 1 nitrogen and oxygen atoms in total. The lowest BCUT2D eigenvalue weighted by Gasteiger charge is -2.18. The highest BCUT2D eigenvalue weighted by molar-refractivity contribution is 5.41. The SMILES string of the molecule is Cc1cccc(C(N)c2c(F)cc(F)cc2F)c1C. The molecule has 2 aromatic carbocycles. The van der Waals surface area contributed by atoms with Crippen LogP contribution in [0.3, 0.4) is 0 Å². The van der Waals surface area contributed by atoms with E-state index in [2.05, 4.69) is 0 Å². The van der Waals surface area contributed by atoms with Crippen molar-refractivity contribution >= 4 is 0 Å². The van der Waals surface area contributed by atoms with Gasteiger partial charge in [0, 0.05) is 17.7 Å². The monoisotopic (exact) mass is 265 g/mol. The fourth-order valence-corrected chi connectivity index (χ4v) is 2.12. The third-order valence-electron chi connectivity index (χ3n) is 3.34. The summed E-state index contributed by atoms with van der Waals surface area (Å²) in [4.78, 5) is 0. The first-order chi connectivity index (χ1) is 8.91. The van der Waals surface area contributed by atoms with Gasteiger partial charge in [0.2, 0.25) is 0 Å². The van der Waals surface area contributed by atoms with Gasteiger partial charge in [0.1, 0.15) is 17.5 Å². The zero-order valence-corrected chi connectivity index (χ0v) is 10.7. The van der Waals surface area contributed by atoms with Crippen molar-refractivity contribution in [2.75, 3.05) is 0 Å². The minimum Gasteiger partial charge on any atom is -0.320 e. The standard InChI is InChI=1S/C15H14F3N/c1-8-4-3-5-11(9(8)2)15(19)14-12(17)6-10(16)7-13(14)18/h3-7,15H,19H2,1-2H3. The number of hydrogen-bond donors (Lipinski definition) is 1. The first kappa shape index (κ1) is 13.6. The Morgan fingerprint density at radius 2 is 1.58 bits per heavy atom. The second-order valence-electron chi connectivity index (χ2n) is 4.55. The minimum absolute atomic E-state index is 0.310. The Hall–Kier alpha value is -1.81. The van der Waals surface area contributed by atoms with Crippen LogP contribution in [-0.4, -0.2) is 0 Å². The van der Waals surface area contributed by atoms with Gasteiger partial charge in [-0.3, -0.25) is 0 Å². The molecule has 0 saturated heterocycles. The van der Waals surface area contributed by atoms with E-state index in [0.717, 1.165) is 11.1 Å². The molecule has 0 heterocycles. The van der Waals surface area contributed by atoms with Gasteiger partial charge in [0.05, 0.1) is 6.04 Å². The molecule has 2 rings (SSSR count). The summed E-state index contributed by atoms with van der Waals surface area (Å²) in [6, 6.07) is 5.71. The third-order valence-corrected chi connectivity index (χ3v) is 3.34. The Morgan fingerprint density at radius 3 is 2.16 bits per heavy atom. The van der Waals surface area contributed by atoms with E-state index in [9.17, 15) is 13.2 Å². The molecule has 0 aliphatic heterocycles. The van der Waals surface area contributed by atoms with E-state index in [1.807, 2.05) is 19.9 Å². The summed E-state index contributed by atoms with van der Waals surface area (Å²) in [6.07, 6.45) is 0.